The Labute approximate surface area is 169 Å². The van der Waals surface area contributed by atoms with Gasteiger partial charge in [-0.25, -0.2) is 4.98 Å². The summed E-state index contributed by atoms with van der Waals surface area (Å²) in [4.78, 5) is 16.2. The fraction of sp³-hybridized carbons (Fsp3) is 0.304. The molecule has 0 saturated heterocycles. The van der Waals surface area contributed by atoms with Crippen LogP contribution >= 0.6 is 11.8 Å². The van der Waals surface area contributed by atoms with Crippen LogP contribution in [0.2, 0.25) is 0 Å². The molecule has 3 aromatic rings. The second-order valence-electron chi connectivity index (χ2n) is 6.91. The van der Waals surface area contributed by atoms with Crippen LogP contribution in [0, 0.1) is 0 Å². The second kappa shape index (κ2) is 8.65. The molecule has 5 heteroatoms. The van der Waals surface area contributed by atoms with Gasteiger partial charge in [-0.1, -0.05) is 30.3 Å². The number of hydrogen-bond acceptors (Lipinski definition) is 5. The van der Waals surface area contributed by atoms with E-state index in [4.69, 9.17) is 9.47 Å². The van der Waals surface area contributed by atoms with Gasteiger partial charge in [-0.2, -0.15) is 0 Å². The summed E-state index contributed by atoms with van der Waals surface area (Å²) in [6.07, 6.45) is 3.30. The van der Waals surface area contributed by atoms with Crippen molar-refractivity contribution in [3.8, 4) is 5.75 Å². The minimum atomic E-state index is -0.174. The molecular formula is C23H23NO3S. The Hall–Kier alpha value is -2.53. The average Bonchev–Trinajstić information content (AvgIpc) is 2.75. The number of carbonyl (C=O) groups is 1. The minimum absolute atomic E-state index is 0.174. The molecule has 0 radical (unpaired) electrons. The number of nitrogens with zero attached hydrogens (tertiary/aromatic N) is 1. The number of thioether (sulfide) groups is 1. The van der Waals surface area contributed by atoms with Crippen LogP contribution < -0.4 is 4.74 Å². The zero-order valence-electron chi connectivity index (χ0n) is 15.9. The Morgan fingerprint density at radius 1 is 1.18 bits per heavy atom. The first-order chi connectivity index (χ1) is 13.7. The summed E-state index contributed by atoms with van der Waals surface area (Å²) in [5.74, 6) is 1.05. The normalized spacial score (nSPS) is 15.8. The highest BCUT2D eigenvalue weighted by Gasteiger charge is 2.22. The van der Waals surface area contributed by atoms with Gasteiger partial charge < -0.3 is 9.47 Å². The summed E-state index contributed by atoms with van der Waals surface area (Å²) < 4.78 is 10.8. The topological polar surface area (TPSA) is 48.4 Å². The van der Waals surface area contributed by atoms with E-state index in [0.29, 0.717) is 17.6 Å². The van der Waals surface area contributed by atoms with Crippen molar-refractivity contribution in [2.75, 3.05) is 12.9 Å². The molecule has 0 aliphatic heterocycles. The largest absolute Gasteiger partial charge is 0.487 e. The second-order valence-corrected chi connectivity index (χ2v) is 8.10. The minimum Gasteiger partial charge on any atom is -0.487 e. The zero-order valence-corrected chi connectivity index (χ0v) is 16.7. The number of esters is 1. The highest BCUT2D eigenvalue weighted by molar-refractivity contribution is 8.00. The molecule has 0 saturated carbocycles. The SMILES string of the molecule is COC(=O)CSC1CCCc2ccc(OCc3ccc4ccccc4n3)cc21. The van der Waals surface area contributed by atoms with E-state index in [0.717, 1.165) is 41.6 Å². The number of para-hydroxylation sites is 1. The highest BCUT2D eigenvalue weighted by Crippen LogP contribution is 2.41. The van der Waals surface area contributed by atoms with Crippen molar-refractivity contribution in [3.05, 3.63) is 71.4 Å². The molecule has 0 bridgehead atoms. The molecule has 1 aliphatic rings. The highest BCUT2D eigenvalue weighted by atomic mass is 32.2. The van der Waals surface area contributed by atoms with E-state index in [2.05, 4.69) is 29.2 Å². The summed E-state index contributed by atoms with van der Waals surface area (Å²) >= 11 is 1.65. The van der Waals surface area contributed by atoms with Crippen molar-refractivity contribution in [1.29, 1.82) is 0 Å². The van der Waals surface area contributed by atoms with Gasteiger partial charge in [0.2, 0.25) is 0 Å². The van der Waals surface area contributed by atoms with E-state index in [-0.39, 0.29) is 5.97 Å². The number of rotatable bonds is 6. The summed E-state index contributed by atoms with van der Waals surface area (Å²) in [7, 11) is 1.43. The number of benzene rings is 2. The Balaban J connectivity index is 1.47. The molecule has 1 unspecified atom stereocenters. The van der Waals surface area contributed by atoms with Gasteiger partial charge in [0.25, 0.3) is 0 Å². The maximum Gasteiger partial charge on any atom is 0.315 e. The fourth-order valence-electron chi connectivity index (χ4n) is 3.57. The van der Waals surface area contributed by atoms with Crippen LogP contribution in [0.15, 0.2) is 54.6 Å². The van der Waals surface area contributed by atoms with Gasteiger partial charge in [0, 0.05) is 10.6 Å². The van der Waals surface area contributed by atoms with Gasteiger partial charge in [-0.05, 0) is 54.7 Å². The van der Waals surface area contributed by atoms with Crippen molar-refractivity contribution in [3.63, 3.8) is 0 Å². The van der Waals surface area contributed by atoms with E-state index in [1.54, 1.807) is 11.8 Å². The molecule has 0 fully saturated rings. The number of fused-ring (bicyclic) bond motifs is 2. The van der Waals surface area contributed by atoms with Gasteiger partial charge in [-0.15, -0.1) is 11.8 Å². The van der Waals surface area contributed by atoms with E-state index < -0.39 is 0 Å². The lowest BCUT2D eigenvalue weighted by Crippen LogP contribution is -2.11. The predicted molar refractivity (Wildman–Crippen MR) is 113 cm³/mol. The molecule has 1 aromatic heterocycles. The number of hydrogen-bond donors (Lipinski definition) is 0. The number of aryl methyl sites for hydroxylation is 1. The number of ether oxygens (including phenoxy) is 2. The molecule has 4 nitrogen and oxygen atoms in total. The zero-order chi connectivity index (χ0) is 19.3. The number of pyridine rings is 1. The van der Waals surface area contributed by atoms with Crippen LogP contribution in [0.5, 0.6) is 5.75 Å². The molecule has 0 N–H and O–H groups in total. The van der Waals surface area contributed by atoms with Crippen molar-refractivity contribution in [2.24, 2.45) is 0 Å². The van der Waals surface area contributed by atoms with E-state index >= 15 is 0 Å². The molecule has 1 aliphatic carbocycles. The van der Waals surface area contributed by atoms with E-state index in [9.17, 15) is 4.79 Å². The Bertz CT molecular complexity index is 988. The van der Waals surface area contributed by atoms with Crippen LogP contribution in [-0.2, 0) is 22.6 Å². The van der Waals surface area contributed by atoms with Crippen molar-refractivity contribution in [1.82, 2.24) is 4.98 Å². The van der Waals surface area contributed by atoms with Gasteiger partial charge in [0.1, 0.15) is 12.4 Å². The summed E-state index contributed by atoms with van der Waals surface area (Å²) in [5, 5.41) is 1.44. The molecular weight excluding hydrogens is 370 g/mol. The first kappa shape index (κ1) is 18.8. The maximum atomic E-state index is 11.5. The number of carbonyl (C=O) groups excluding carboxylic acids is 1. The van der Waals surface area contributed by atoms with Crippen LogP contribution in [0.4, 0.5) is 0 Å². The van der Waals surface area contributed by atoms with Crippen LogP contribution in [-0.4, -0.2) is 23.8 Å². The number of methoxy groups -OCH3 is 1. The molecule has 2 aromatic carbocycles. The third-order valence-electron chi connectivity index (χ3n) is 5.05. The number of aromatic nitrogens is 1. The quantitative estimate of drug-likeness (QED) is 0.546. The smallest absolute Gasteiger partial charge is 0.315 e. The summed E-state index contributed by atoms with van der Waals surface area (Å²) in [6, 6.07) is 18.5. The van der Waals surface area contributed by atoms with Gasteiger partial charge in [0.15, 0.2) is 0 Å². The Kier molecular flexibility index (Phi) is 5.81. The summed E-state index contributed by atoms with van der Waals surface area (Å²) in [5.41, 5.74) is 4.52. The van der Waals surface area contributed by atoms with Crippen LogP contribution in [0.3, 0.4) is 0 Å². The van der Waals surface area contributed by atoms with E-state index in [1.807, 2.05) is 30.3 Å². The van der Waals surface area contributed by atoms with Crippen LogP contribution in [0.1, 0.15) is 34.9 Å². The lowest BCUT2D eigenvalue weighted by molar-refractivity contribution is -0.137. The predicted octanol–water partition coefficient (Wildman–Crippen LogP) is 5.10. The molecule has 144 valence electrons. The first-order valence-corrected chi connectivity index (χ1v) is 10.6. The molecule has 28 heavy (non-hydrogen) atoms. The monoisotopic (exact) mass is 393 g/mol. The Morgan fingerprint density at radius 2 is 2.07 bits per heavy atom. The van der Waals surface area contributed by atoms with Gasteiger partial charge in [0.05, 0.1) is 24.1 Å². The molecule has 0 spiro atoms. The average molecular weight is 394 g/mol. The molecule has 1 heterocycles. The maximum absolute atomic E-state index is 11.5. The van der Waals surface area contributed by atoms with E-state index in [1.165, 1.54) is 18.2 Å². The third kappa shape index (κ3) is 4.30. The molecule has 0 amide bonds. The fourth-order valence-corrected chi connectivity index (χ4v) is 4.76. The van der Waals surface area contributed by atoms with Crippen molar-refractivity contribution in [2.45, 2.75) is 31.1 Å². The first-order valence-electron chi connectivity index (χ1n) is 9.51. The lowest BCUT2D eigenvalue weighted by atomic mass is 9.91. The Morgan fingerprint density at radius 3 is 2.96 bits per heavy atom. The molecule has 4 rings (SSSR count). The van der Waals surface area contributed by atoms with Crippen LogP contribution in [0.25, 0.3) is 10.9 Å². The third-order valence-corrected chi connectivity index (χ3v) is 6.34. The lowest BCUT2D eigenvalue weighted by Gasteiger charge is -2.25. The van der Waals surface area contributed by atoms with Gasteiger partial charge in [-0.3, -0.25) is 4.79 Å². The van der Waals surface area contributed by atoms with Gasteiger partial charge >= 0.3 is 5.97 Å². The molecule has 1 atom stereocenters. The summed E-state index contributed by atoms with van der Waals surface area (Å²) in [6.45, 7) is 0.434. The standard InChI is InChI=1S/C23H23NO3S/c1-26-23(25)15-28-22-8-4-6-16-10-12-19(13-20(16)22)27-14-18-11-9-17-5-2-3-7-21(17)24-18/h2-3,5,7,9-13,22H,4,6,8,14-15H2,1H3. The van der Waals surface area contributed by atoms with Crippen molar-refractivity contribution >= 4 is 28.6 Å². The van der Waals surface area contributed by atoms with Crippen molar-refractivity contribution < 1.29 is 14.3 Å².